The molecule has 0 radical (unpaired) electrons. The molecule has 2 saturated carbocycles. The zero-order valence-electron chi connectivity index (χ0n) is 17.6. The number of alkyl halides is 6. The molecule has 0 amide bonds. The Morgan fingerprint density at radius 3 is 1.93 bits per heavy atom. The van der Waals surface area contributed by atoms with Gasteiger partial charge in [0, 0.05) is 5.57 Å². The Hall–Kier alpha value is -1.29. The molecule has 2 aliphatic carbocycles. The third kappa shape index (κ3) is 3.74. The van der Waals surface area contributed by atoms with E-state index in [-0.39, 0.29) is 24.3 Å². The van der Waals surface area contributed by atoms with Crippen LogP contribution in [0.4, 0.5) is 26.3 Å². The van der Waals surface area contributed by atoms with Crippen molar-refractivity contribution in [3.8, 4) is 0 Å². The van der Waals surface area contributed by atoms with E-state index in [1.807, 2.05) is 0 Å². The predicted octanol–water partition coefficient (Wildman–Crippen LogP) is 4.95. The van der Waals surface area contributed by atoms with Crippen molar-refractivity contribution in [2.45, 2.75) is 89.1 Å². The zero-order chi connectivity index (χ0) is 23.5. The highest BCUT2D eigenvalue weighted by Crippen LogP contribution is 2.60. The zero-order valence-corrected chi connectivity index (χ0v) is 17.6. The van der Waals surface area contributed by atoms with E-state index in [1.54, 1.807) is 13.8 Å². The molecular weight excluding hydrogens is 418 g/mol. The molecule has 2 aliphatic rings. The second-order valence-corrected chi connectivity index (χ2v) is 9.28. The van der Waals surface area contributed by atoms with E-state index in [1.165, 1.54) is 6.92 Å². The van der Waals surface area contributed by atoms with E-state index in [2.05, 4.69) is 6.58 Å². The molecule has 30 heavy (non-hydrogen) atoms. The van der Waals surface area contributed by atoms with Crippen LogP contribution < -0.4 is 0 Å². The number of halogens is 6. The van der Waals surface area contributed by atoms with Gasteiger partial charge in [-0.05, 0) is 57.8 Å². The molecule has 174 valence electrons. The van der Waals surface area contributed by atoms with Crippen LogP contribution in [0.5, 0.6) is 0 Å². The lowest BCUT2D eigenvalue weighted by molar-refractivity contribution is -0.424. The van der Waals surface area contributed by atoms with Crippen LogP contribution in [0.3, 0.4) is 0 Å². The van der Waals surface area contributed by atoms with Crippen LogP contribution in [-0.2, 0) is 14.3 Å². The summed E-state index contributed by atoms with van der Waals surface area (Å²) in [5.74, 6) is -1.71. The average molecular weight is 446 g/mol. The van der Waals surface area contributed by atoms with E-state index in [4.69, 9.17) is 9.47 Å². The molecule has 4 atom stereocenters. The number of hydrogen-bond acceptors (Lipinski definition) is 4. The predicted molar refractivity (Wildman–Crippen MR) is 95.3 cm³/mol. The monoisotopic (exact) mass is 446 g/mol. The number of esters is 1. The Morgan fingerprint density at radius 2 is 1.60 bits per heavy atom. The van der Waals surface area contributed by atoms with E-state index in [0.29, 0.717) is 20.3 Å². The fourth-order valence-electron chi connectivity index (χ4n) is 5.00. The first-order chi connectivity index (χ1) is 13.3. The maximum Gasteiger partial charge on any atom is 0.429 e. The lowest BCUT2D eigenvalue weighted by atomic mass is 9.73. The second-order valence-electron chi connectivity index (χ2n) is 9.28. The number of aliphatic hydroxyl groups is 1. The molecule has 10 heteroatoms. The number of fused-ring (bicyclic) bond motifs is 2. The fourth-order valence-corrected chi connectivity index (χ4v) is 5.00. The molecule has 4 unspecified atom stereocenters. The molecule has 0 aromatic heterocycles. The topological polar surface area (TPSA) is 55.8 Å². The highest BCUT2D eigenvalue weighted by Gasteiger charge is 2.79. The molecule has 0 heterocycles. The van der Waals surface area contributed by atoms with Crippen molar-refractivity contribution in [1.29, 1.82) is 0 Å². The summed E-state index contributed by atoms with van der Waals surface area (Å²) >= 11 is 0. The molecule has 0 aromatic rings. The van der Waals surface area contributed by atoms with Crippen molar-refractivity contribution < 1.29 is 45.7 Å². The minimum absolute atomic E-state index is 0.124. The van der Waals surface area contributed by atoms with Crippen LogP contribution in [0.15, 0.2) is 12.2 Å². The first kappa shape index (κ1) is 25.0. The first-order valence-electron chi connectivity index (χ1n) is 9.72. The van der Waals surface area contributed by atoms with Crippen LogP contribution in [0, 0.1) is 17.8 Å². The smallest absolute Gasteiger partial charge is 0.429 e. The number of carbonyl (C=O) groups excluding carboxylic acids is 1. The van der Waals surface area contributed by atoms with Crippen LogP contribution in [0.2, 0.25) is 0 Å². The van der Waals surface area contributed by atoms with Gasteiger partial charge in [-0.3, -0.25) is 0 Å². The Labute approximate surface area is 171 Å². The van der Waals surface area contributed by atoms with Crippen LogP contribution in [0.1, 0.15) is 53.9 Å². The van der Waals surface area contributed by atoms with Gasteiger partial charge in [0.1, 0.15) is 11.7 Å². The maximum atomic E-state index is 13.4. The summed E-state index contributed by atoms with van der Waals surface area (Å²) in [5, 5.41) is 9.92. The summed E-state index contributed by atoms with van der Waals surface area (Å²) in [6.07, 6.45) is -11.7. The first-order valence-corrected chi connectivity index (χ1v) is 9.72. The highest BCUT2D eigenvalue weighted by molar-refractivity contribution is 5.87. The minimum atomic E-state index is -6.00. The Kier molecular flexibility index (Phi) is 6.15. The van der Waals surface area contributed by atoms with Gasteiger partial charge in [0.15, 0.2) is 0 Å². The van der Waals surface area contributed by atoms with Crippen molar-refractivity contribution in [2.24, 2.45) is 17.8 Å². The van der Waals surface area contributed by atoms with E-state index >= 15 is 0 Å². The van der Waals surface area contributed by atoms with Crippen LogP contribution in [-0.4, -0.2) is 46.3 Å². The van der Waals surface area contributed by atoms with Crippen LogP contribution in [0.25, 0.3) is 0 Å². The third-order valence-corrected chi connectivity index (χ3v) is 6.62. The maximum absolute atomic E-state index is 13.4. The molecule has 2 fully saturated rings. The molecular formula is C20H28F6O4. The van der Waals surface area contributed by atoms with Crippen molar-refractivity contribution in [3.05, 3.63) is 12.2 Å². The summed E-state index contributed by atoms with van der Waals surface area (Å²) in [4.78, 5) is 11.8. The summed E-state index contributed by atoms with van der Waals surface area (Å²) < 4.78 is 91.7. The second kappa shape index (κ2) is 7.39. The largest absolute Gasteiger partial charge is 0.459 e. The normalized spacial score (nSPS) is 30.1. The fraction of sp³-hybridized carbons (Fsp3) is 0.850. The number of carbonyl (C=O) groups is 1. The molecule has 2 bridgehead atoms. The highest BCUT2D eigenvalue weighted by atomic mass is 19.4. The van der Waals surface area contributed by atoms with Crippen molar-refractivity contribution in [2.75, 3.05) is 0 Å². The Balaban J connectivity index is 2.35. The molecule has 0 aromatic carbocycles. The molecule has 0 spiro atoms. The van der Waals surface area contributed by atoms with Gasteiger partial charge in [-0.1, -0.05) is 20.4 Å². The summed E-state index contributed by atoms with van der Waals surface area (Å²) in [6, 6.07) is 0. The summed E-state index contributed by atoms with van der Waals surface area (Å²) in [5.41, 5.74) is -9.19. The Bertz CT molecular complexity index is 682. The minimum Gasteiger partial charge on any atom is -0.459 e. The molecule has 1 N–H and O–H groups in total. The van der Waals surface area contributed by atoms with Gasteiger partial charge >= 0.3 is 18.3 Å². The Morgan fingerprint density at radius 1 is 1.10 bits per heavy atom. The quantitative estimate of drug-likeness (QED) is 0.356. The lowest BCUT2D eigenvalue weighted by Gasteiger charge is -2.52. The van der Waals surface area contributed by atoms with Crippen molar-refractivity contribution in [3.63, 3.8) is 0 Å². The number of hydrogen-bond donors (Lipinski definition) is 1. The van der Waals surface area contributed by atoms with Gasteiger partial charge in [-0.25, -0.2) is 4.79 Å². The standard InChI is InChI=1S/C20H28F6O4/c1-10(2)15(27)29-14-8-13-7-12(14)9-17(13,11(3)4)30-16(5,6)18(28,19(21,22)23)20(24,25)26/h11-14,28H,1,7-9H2,2-6H3. The van der Waals surface area contributed by atoms with Gasteiger partial charge < -0.3 is 14.6 Å². The lowest BCUT2D eigenvalue weighted by Crippen LogP contribution is -2.71. The van der Waals surface area contributed by atoms with E-state index < -0.39 is 53.1 Å². The average Bonchev–Trinajstić information content (AvgIpc) is 3.09. The summed E-state index contributed by atoms with van der Waals surface area (Å²) in [6.45, 7) is 9.52. The molecule has 0 aliphatic heterocycles. The van der Waals surface area contributed by atoms with E-state index in [9.17, 15) is 36.2 Å². The van der Waals surface area contributed by atoms with Gasteiger partial charge in [0.25, 0.3) is 5.60 Å². The molecule has 2 rings (SSSR count). The van der Waals surface area contributed by atoms with Gasteiger partial charge in [-0.2, -0.15) is 26.3 Å². The van der Waals surface area contributed by atoms with Crippen molar-refractivity contribution >= 4 is 5.97 Å². The molecule has 0 saturated heterocycles. The van der Waals surface area contributed by atoms with Crippen molar-refractivity contribution in [1.82, 2.24) is 0 Å². The summed E-state index contributed by atoms with van der Waals surface area (Å²) in [7, 11) is 0. The number of ether oxygens (including phenoxy) is 2. The third-order valence-electron chi connectivity index (χ3n) is 6.62. The van der Waals surface area contributed by atoms with E-state index in [0.717, 1.165) is 0 Å². The van der Waals surface area contributed by atoms with Gasteiger partial charge in [0.2, 0.25) is 0 Å². The van der Waals surface area contributed by atoms with Crippen LogP contribution >= 0.6 is 0 Å². The molecule has 4 nitrogen and oxygen atoms in total. The number of rotatable bonds is 6. The SMILES string of the molecule is C=C(C)C(=O)OC1CC2CC1CC2(OC(C)(C)C(O)(C(F)(F)F)C(F)(F)F)C(C)C. The van der Waals surface area contributed by atoms with Gasteiger partial charge in [0.05, 0.1) is 5.60 Å². The van der Waals surface area contributed by atoms with Gasteiger partial charge in [-0.15, -0.1) is 0 Å².